The van der Waals surface area contributed by atoms with Gasteiger partial charge < -0.3 is 8.98 Å². The van der Waals surface area contributed by atoms with E-state index in [2.05, 4.69) is 114 Å². The summed E-state index contributed by atoms with van der Waals surface area (Å²) in [6.07, 6.45) is 0. The van der Waals surface area contributed by atoms with Crippen LogP contribution in [0.25, 0.3) is 117 Å². The third-order valence-corrected chi connectivity index (χ3v) is 11.5. The number of aromatic nitrogens is 6. The third kappa shape index (κ3) is 5.94. The van der Waals surface area contributed by atoms with E-state index in [9.17, 15) is 0 Å². The highest BCUT2D eigenvalue weighted by molar-refractivity contribution is 6.16. The molecule has 0 aliphatic heterocycles. The van der Waals surface area contributed by atoms with Gasteiger partial charge in [0.25, 0.3) is 0 Å². The standard InChI is InChI=1S/C55H34N6O/c1-5-18-35(19-6-1)40-28-17-30-46-48(40)41-26-13-15-29-44(41)61(46)45-33-32-39(54-59-52(37-22-9-3-10-23-37)58-53(60-54)38-24-11-4-12-25-38)34-43(45)55-56-49(36-20-7-2-8-21-36)51-50(57-55)42-27-14-16-31-47(42)62-51/h1-34H. The van der Waals surface area contributed by atoms with Crippen molar-refractivity contribution in [2.45, 2.75) is 0 Å². The van der Waals surface area contributed by atoms with Crippen LogP contribution in [0.15, 0.2) is 211 Å². The number of hydrogen-bond donors (Lipinski definition) is 0. The van der Waals surface area contributed by atoms with Gasteiger partial charge in [0.1, 0.15) is 16.8 Å². The zero-order valence-corrected chi connectivity index (χ0v) is 33.2. The number of para-hydroxylation sites is 2. The van der Waals surface area contributed by atoms with Crippen LogP contribution in [0.2, 0.25) is 0 Å². The molecule has 0 saturated carbocycles. The Hall–Kier alpha value is -8.55. The molecule has 4 heterocycles. The van der Waals surface area contributed by atoms with Crippen LogP contribution in [-0.2, 0) is 0 Å². The van der Waals surface area contributed by atoms with Crippen LogP contribution in [0.3, 0.4) is 0 Å². The van der Waals surface area contributed by atoms with Crippen molar-refractivity contribution in [2.75, 3.05) is 0 Å². The van der Waals surface area contributed by atoms with E-state index in [1.165, 1.54) is 5.39 Å². The lowest BCUT2D eigenvalue weighted by atomic mass is 9.99. The molecule has 0 saturated heterocycles. The third-order valence-electron chi connectivity index (χ3n) is 11.5. The highest BCUT2D eigenvalue weighted by atomic mass is 16.3. The summed E-state index contributed by atoms with van der Waals surface area (Å²) in [6.45, 7) is 0. The summed E-state index contributed by atoms with van der Waals surface area (Å²) in [6, 6.07) is 70.5. The van der Waals surface area contributed by atoms with Crippen LogP contribution in [0.5, 0.6) is 0 Å². The Morgan fingerprint density at radius 3 is 1.58 bits per heavy atom. The highest BCUT2D eigenvalue weighted by Gasteiger charge is 2.24. The van der Waals surface area contributed by atoms with Crippen molar-refractivity contribution in [1.82, 2.24) is 29.5 Å². The lowest BCUT2D eigenvalue weighted by molar-refractivity contribution is 0.667. The second kappa shape index (κ2) is 14.6. The van der Waals surface area contributed by atoms with Gasteiger partial charge in [-0.05, 0) is 53.6 Å². The van der Waals surface area contributed by atoms with E-state index in [-0.39, 0.29) is 0 Å². The van der Waals surface area contributed by atoms with E-state index in [0.717, 1.165) is 77.5 Å². The second-order valence-corrected chi connectivity index (χ2v) is 15.2. The van der Waals surface area contributed by atoms with Crippen LogP contribution in [0, 0.1) is 0 Å². The first-order valence-electron chi connectivity index (χ1n) is 20.6. The van der Waals surface area contributed by atoms with Gasteiger partial charge in [-0.1, -0.05) is 164 Å². The first-order chi connectivity index (χ1) is 30.7. The minimum Gasteiger partial charge on any atom is -0.452 e. The van der Waals surface area contributed by atoms with Crippen molar-refractivity contribution >= 4 is 43.9 Å². The number of nitrogens with zero attached hydrogens (tertiary/aromatic N) is 6. The average molecular weight is 795 g/mol. The number of rotatable bonds is 7. The van der Waals surface area contributed by atoms with Crippen molar-refractivity contribution in [2.24, 2.45) is 0 Å². The SMILES string of the molecule is c1ccc(-c2nc(-c3ccccc3)nc(-c3ccc(-n4c5ccccc5c5c(-c6ccccc6)cccc54)c(-c4nc(-c5ccccc5)c5oc6ccccc6c5n4)c3)n2)cc1. The molecular weight excluding hydrogens is 761 g/mol. The zero-order valence-electron chi connectivity index (χ0n) is 33.2. The number of hydrogen-bond acceptors (Lipinski definition) is 6. The van der Waals surface area contributed by atoms with E-state index < -0.39 is 0 Å². The Morgan fingerprint density at radius 1 is 0.355 bits per heavy atom. The molecule has 7 heteroatoms. The molecule has 0 fully saturated rings. The molecule has 8 aromatic carbocycles. The van der Waals surface area contributed by atoms with E-state index in [1.54, 1.807) is 0 Å². The number of benzene rings is 8. The van der Waals surface area contributed by atoms with E-state index in [1.807, 2.05) is 97.1 Å². The summed E-state index contributed by atoms with van der Waals surface area (Å²) in [4.78, 5) is 26.1. The monoisotopic (exact) mass is 794 g/mol. The smallest absolute Gasteiger partial charge is 0.180 e. The maximum Gasteiger partial charge on any atom is 0.180 e. The largest absolute Gasteiger partial charge is 0.452 e. The average Bonchev–Trinajstić information content (AvgIpc) is 3.90. The predicted octanol–water partition coefficient (Wildman–Crippen LogP) is 13.7. The molecule has 0 radical (unpaired) electrons. The normalized spacial score (nSPS) is 11.5. The van der Waals surface area contributed by atoms with Crippen molar-refractivity contribution in [3.05, 3.63) is 206 Å². The molecule has 0 unspecified atom stereocenters. The summed E-state index contributed by atoms with van der Waals surface area (Å²) in [5.41, 5.74) is 12.6. The fourth-order valence-corrected chi connectivity index (χ4v) is 8.63. The molecule has 0 N–H and O–H groups in total. The summed E-state index contributed by atoms with van der Waals surface area (Å²) >= 11 is 0. The van der Waals surface area contributed by atoms with Crippen LogP contribution < -0.4 is 0 Å². The Kier molecular flexibility index (Phi) is 8.35. The molecule has 0 atom stereocenters. The summed E-state index contributed by atoms with van der Waals surface area (Å²) in [5, 5.41) is 3.24. The molecule has 0 aliphatic rings. The highest BCUT2D eigenvalue weighted by Crippen LogP contribution is 2.43. The van der Waals surface area contributed by atoms with Gasteiger partial charge in [0, 0.05) is 44.0 Å². The Bertz CT molecular complexity index is 3560. The van der Waals surface area contributed by atoms with Gasteiger partial charge in [0.05, 0.1) is 16.7 Å². The quantitative estimate of drug-likeness (QED) is 0.160. The zero-order chi connectivity index (χ0) is 41.0. The topological polar surface area (TPSA) is 82.5 Å². The fourth-order valence-electron chi connectivity index (χ4n) is 8.63. The first-order valence-corrected chi connectivity index (χ1v) is 20.6. The number of fused-ring (bicyclic) bond motifs is 6. The van der Waals surface area contributed by atoms with Gasteiger partial charge in [-0.3, -0.25) is 0 Å². The Morgan fingerprint density at radius 2 is 0.903 bits per heavy atom. The molecular formula is C55H34N6O. The first kappa shape index (κ1) is 35.4. The molecule has 7 nitrogen and oxygen atoms in total. The van der Waals surface area contributed by atoms with E-state index in [0.29, 0.717) is 34.6 Å². The second-order valence-electron chi connectivity index (χ2n) is 15.2. The number of furan rings is 1. The fraction of sp³-hybridized carbons (Fsp3) is 0. The summed E-state index contributed by atoms with van der Waals surface area (Å²) < 4.78 is 8.89. The maximum absolute atomic E-state index is 6.55. The lowest BCUT2D eigenvalue weighted by Crippen LogP contribution is -2.03. The van der Waals surface area contributed by atoms with Crippen LogP contribution in [0.1, 0.15) is 0 Å². The van der Waals surface area contributed by atoms with Crippen molar-refractivity contribution in [3.8, 4) is 73.6 Å². The predicted molar refractivity (Wildman–Crippen MR) is 250 cm³/mol. The van der Waals surface area contributed by atoms with Crippen LogP contribution >= 0.6 is 0 Å². The molecule has 62 heavy (non-hydrogen) atoms. The Labute approximate surface area is 356 Å². The van der Waals surface area contributed by atoms with Crippen molar-refractivity contribution < 1.29 is 4.42 Å². The van der Waals surface area contributed by atoms with E-state index in [4.69, 9.17) is 29.3 Å². The molecule has 0 bridgehead atoms. The van der Waals surface area contributed by atoms with E-state index >= 15 is 0 Å². The molecule has 0 spiro atoms. The van der Waals surface area contributed by atoms with Gasteiger partial charge in [0.15, 0.2) is 28.9 Å². The van der Waals surface area contributed by atoms with Gasteiger partial charge in [0.2, 0.25) is 0 Å². The van der Waals surface area contributed by atoms with Gasteiger partial charge in [-0.2, -0.15) is 0 Å². The van der Waals surface area contributed by atoms with Crippen molar-refractivity contribution in [3.63, 3.8) is 0 Å². The Balaban J connectivity index is 1.18. The van der Waals surface area contributed by atoms with Gasteiger partial charge in [-0.15, -0.1) is 0 Å². The molecule has 4 aromatic heterocycles. The lowest BCUT2D eigenvalue weighted by Gasteiger charge is -2.16. The molecule has 0 amide bonds. The molecule has 0 aliphatic carbocycles. The summed E-state index contributed by atoms with van der Waals surface area (Å²) in [5.74, 6) is 2.26. The van der Waals surface area contributed by atoms with Crippen molar-refractivity contribution in [1.29, 1.82) is 0 Å². The van der Waals surface area contributed by atoms with Crippen LogP contribution in [-0.4, -0.2) is 29.5 Å². The minimum atomic E-state index is 0.539. The molecule has 12 aromatic rings. The van der Waals surface area contributed by atoms with Gasteiger partial charge >= 0.3 is 0 Å². The molecule has 290 valence electrons. The minimum absolute atomic E-state index is 0.539. The molecule has 12 rings (SSSR count). The van der Waals surface area contributed by atoms with Crippen LogP contribution in [0.4, 0.5) is 0 Å². The summed E-state index contributed by atoms with van der Waals surface area (Å²) in [7, 11) is 0. The maximum atomic E-state index is 6.55. The van der Waals surface area contributed by atoms with Gasteiger partial charge in [-0.25, -0.2) is 24.9 Å².